The molecule has 0 amide bonds. The highest BCUT2D eigenvalue weighted by molar-refractivity contribution is 6.30. The van der Waals surface area contributed by atoms with Crippen molar-refractivity contribution in [3.8, 4) is 11.1 Å². The molecule has 0 aliphatic heterocycles. The first kappa shape index (κ1) is 26.0. The van der Waals surface area contributed by atoms with Crippen molar-refractivity contribution in [1.82, 2.24) is 4.57 Å². The van der Waals surface area contributed by atoms with E-state index >= 15 is 4.39 Å². The summed E-state index contributed by atoms with van der Waals surface area (Å²) >= 11 is 5.98. The Bertz CT molecular complexity index is 1480. The molecule has 4 rings (SSSR count). The lowest BCUT2D eigenvalue weighted by atomic mass is 9.84. The maximum absolute atomic E-state index is 15.1. The van der Waals surface area contributed by atoms with E-state index in [1.54, 1.807) is 43.6 Å². The van der Waals surface area contributed by atoms with Gasteiger partial charge in [-0.3, -0.25) is 9.59 Å². The maximum atomic E-state index is 15.1. The van der Waals surface area contributed by atoms with E-state index in [1.807, 2.05) is 36.4 Å². The second kappa shape index (κ2) is 11.3. The summed E-state index contributed by atoms with van der Waals surface area (Å²) in [5.41, 5.74) is 4.04. The van der Waals surface area contributed by atoms with Crippen LogP contribution < -0.4 is 5.56 Å². The van der Waals surface area contributed by atoms with Gasteiger partial charge in [-0.25, -0.2) is 4.39 Å². The number of aryl methyl sites for hydroxylation is 1. The molecule has 6 nitrogen and oxygen atoms in total. The van der Waals surface area contributed by atoms with Gasteiger partial charge in [-0.05, 0) is 58.0 Å². The maximum Gasteiger partial charge on any atom is 0.307 e. The number of rotatable bonds is 9. The average molecular weight is 519 g/mol. The third-order valence-corrected chi connectivity index (χ3v) is 6.61. The lowest BCUT2D eigenvalue weighted by Crippen LogP contribution is -2.16. The van der Waals surface area contributed by atoms with Gasteiger partial charge in [0.25, 0.3) is 0 Å². The van der Waals surface area contributed by atoms with Crippen LogP contribution in [0.3, 0.4) is 0 Å². The highest BCUT2D eigenvalue weighted by Gasteiger charge is 2.25. The third-order valence-electron chi connectivity index (χ3n) is 6.37. The van der Waals surface area contributed by atoms with Crippen LogP contribution in [0, 0.1) is 10.7 Å². The fourth-order valence-corrected chi connectivity index (χ4v) is 4.56. The molecule has 4 aromatic rings. The molecule has 2 unspecified atom stereocenters. The molecule has 0 spiro atoms. The highest BCUT2D eigenvalue weighted by Crippen LogP contribution is 2.38. The minimum Gasteiger partial charge on any atom is -0.481 e. The van der Waals surface area contributed by atoms with Crippen LogP contribution in [-0.2, 0) is 18.3 Å². The lowest BCUT2D eigenvalue weighted by molar-refractivity contribution is -0.136. The monoisotopic (exact) mass is 518 g/mol. The van der Waals surface area contributed by atoms with E-state index in [9.17, 15) is 14.5 Å². The number of nitroso groups, excluding NO2 is 1. The second-order valence-corrected chi connectivity index (χ2v) is 9.31. The smallest absolute Gasteiger partial charge is 0.307 e. The van der Waals surface area contributed by atoms with E-state index in [2.05, 4.69) is 5.18 Å². The number of pyridine rings is 1. The van der Waals surface area contributed by atoms with Crippen LogP contribution >= 0.6 is 11.6 Å². The normalized spacial score (nSPS) is 12.6. The average Bonchev–Trinajstić information content (AvgIpc) is 2.87. The van der Waals surface area contributed by atoms with Crippen molar-refractivity contribution < 1.29 is 14.3 Å². The minimum absolute atomic E-state index is 0.0466. The molecule has 1 N–H and O–H groups in total. The third kappa shape index (κ3) is 6.19. The fourth-order valence-electron chi connectivity index (χ4n) is 4.40. The van der Waals surface area contributed by atoms with Crippen molar-refractivity contribution in [2.75, 3.05) is 0 Å². The molecule has 8 heteroatoms. The van der Waals surface area contributed by atoms with Crippen molar-refractivity contribution in [1.29, 1.82) is 0 Å². The largest absolute Gasteiger partial charge is 0.481 e. The number of hydrogen-bond acceptors (Lipinski definition) is 4. The molecule has 0 fully saturated rings. The van der Waals surface area contributed by atoms with Gasteiger partial charge in [0.1, 0.15) is 11.9 Å². The quantitative estimate of drug-likeness (QED) is 0.256. The molecule has 188 valence electrons. The van der Waals surface area contributed by atoms with Crippen molar-refractivity contribution in [2.45, 2.75) is 24.8 Å². The van der Waals surface area contributed by atoms with Crippen LogP contribution in [0.25, 0.3) is 11.1 Å². The van der Waals surface area contributed by atoms with Crippen LogP contribution in [-0.4, -0.2) is 15.6 Å². The zero-order valence-electron chi connectivity index (χ0n) is 20.0. The number of benzene rings is 3. The van der Waals surface area contributed by atoms with Crippen LogP contribution in [0.15, 0.2) is 95.0 Å². The summed E-state index contributed by atoms with van der Waals surface area (Å²) in [7, 11) is 1.59. The number of carboxylic acids is 1. The number of nitrogens with zero attached hydrogens (tertiary/aromatic N) is 2. The van der Waals surface area contributed by atoms with Crippen molar-refractivity contribution in [2.24, 2.45) is 12.2 Å². The van der Waals surface area contributed by atoms with Gasteiger partial charge >= 0.3 is 5.97 Å². The topological polar surface area (TPSA) is 88.7 Å². The van der Waals surface area contributed by atoms with Crippen molar-refractivity contribution in [3.05, 3.63) is 133 Å². The molecular formula is C29H24ClFN2O4. The summed E-state index contributed by atoms with van der Waals surface area (Å²) in [6.45, 7) is 0. The minimum atomic E-state index is -0.890. The molecule has 37 heavy (non-hydrogen) atoms. The molecule has 3 aromatic carbocycles. The van der Waals surface area contributed by atoms with Gasteiger partial charge in [-0.1, -0.05) is 71.4 Å². The zero-order valence-corrected chi connectivity index (χ0v) is 20.7. The standard InChI is InChI=1S/C29H24ClFN2O4/c1-33-17-22(10-13-28(33)34)27(32-37)16-25(24-12-11-23(30)15-26(24)31)21-8-6-20(7-9-21)19-4-2-18(3-5-19)14-29(35)36/h2-13,15,17,25,27H,14,16H2,1H3,(H,35,36). The van der Waals surface area contributed by atoms with E-state index in [0.717, 1.165) is 16.7 Å². The van der Waals surface area contributed by atoms with E-state index in [1.165, 1.54) is 16.7 Å². The molecule has 0 radical (unpaired) electrons. The van der Waals surface area contributed by atoms with Gasteiger partial charge in [0.2, 0.25) is 5.56 Å². The Morgan fingerprint density at radius 1 is 0.973 bits per heavy atom. The predicted molar refractivity (Wildman–Crippen MR) is 141 cm³/mol. The Hall–Kier alpha value is -4.10. The Morgan fingerprint density at radius 3 is 2.16 bits per heavy atom. The highest BCUT2D eigenvalue weighted by atomic mass is 35.5. The second-order valence-electron chi connectivity index (χ2n) is 8.88. The van der Waals surface area contributed by atoms with Crippen LogP contribution in [0.2, 0.25) is 5.02 Å². The molecule has 0 bridgehead atoms. The lowest BCUT2D eigenvalue weighted by Gasteiger charge is -2.22. The van der Waals surface area contributed by atoms with Crippen LogP contribution in [0.4, 0.5) is 4.39 Å². The van der Waals surface area contributed by atoms with E-state index < -0.39 is 23.7 Å². The molecule has 0 saturated carbocycles. The number of carbonyl (C=O) groups is 1. The molecule has 0 aliphatic carbocycles. The first-order valence-electron chi connectivity index (χ1n) is 11.6. The molecule has 2 atom stereocenters. The first-order chi connectivity index (χ1) is 17.7. The summed E-state index contributed by atoms with van der Waals surface area (Å²) in [4.78, 5) is 34.6. The summed E-state index contributed by atoms with van der Waals surface area (Å²) in [6.07, 6.45) is 1.71. The molecule has 0 aliphatic rings. The van der Waals surface area contributed by atoms with Crippen LogP contribution in [0.5, 0.6) is 0 Å². The number of aromatic nitrogens is 1. The Labute approximate surface area is 218 Å². The SMILES string of the molecule is Cn1cc(C(CC(c2ccc(-c3ccc(CC(=O)O)cc3)cc2)c2ccc(Cl)cc2F)N=O)ccc1=O. The van der Waals surface area contributed by atoms with E-state index in [-0.39, 0.29) is 23.4 Å². The Morgan fingerprint density at radius 2 is 1.59 bits per heavy atom. The number of aliphatic carboxylic acids is 1. The summed E-state index contributed by atoms with van der Waals surface area (Å²) in [6, 6.07) is 21.4. The Balaban J connectivity index is 1.68. The van der Waals surface area contributed by atoms with Gasteiger partial charge in [-0.2, -0.15) is 4.91 Å². The molecule has 1 heterocycles. The van der Waals surface area contributed by atoms with Crippen molar-refractivity contribution >= 4 is 17.6 Å². The zero-order chi connectivity index (χ0) is 26.5. The summed E-state index contributed by atoms with van der Waals surface area (Å²) < 4.78 is 16.4. The van der Waals surface area contributed by atoms with E-state index in [4.69, 9.17) is 16.7 Å². The Kier molecular flexibility index (Phi) is 7.94. The fraction of sp³-hybridized carbons (Fsp3) is 0.172. The van der Waals surface area contributed by atoms with Crippen LogP contribution in [0.1, 0.15) is 40.6 Å². The molecule has 1 aromatic heterocycles. The predicted octanol–water partition coefficient (Wildman–Crippen LogP) is 6.50. The van der Waals surface area contributed by atoms with Gasteiger partial charge in [0.05, 0.1) is 6.42 Å². The number of hydrogen-bond donors (Lipinski definition) is 1. The van der Waals surface area contributed by atoms with Gasteiger partial charge in [0, 0.05) is 30.3 Å². The number of carboxylic acid groups (broad SMARTS) is 1. The van der Waals surface area contributed by atoms with Gasteiger partial charge in [-0.15, -0.1) is 0 Å². The van der Waals surface area contributed by atoms with Crippen molar-refractivity contribution in [3.63, 3.8) is 0 Å². The number of halogens is 2. The first-order valence-corrected chi connectivity index (χ1v) is 12.0. The van der Waals surface area contributed by atoms with Gasteiger partial charge in [0.15, 0.2) is 0 Å². The molecular weight excluding hydrogens is 495 g/mol. The van der Waals surface area contributed by atoms with Gasteiger partial charge < -0.3 is 9.67 Å². The summed E-state index contributed by atoms with van der Waals surface area (Å²) in [5.74, 6) is -1.89. The molecule has 0 saturated heterocycles. The summed E-state index contributed by atoms with van der Waals surface area (Å²) in [5, 5.41) is 12.5. The van der Waals surface area contributed by atoms with E-state index in [0.29, 0.717) is 16.7 Å².